The fourth-order valence-corrected chi connectivity index (χ4v) is 3.59. The number of rotatable bonds is 5. The van der Waals surface area contributed by atoms with Crippen LogP contribution in [0.4, 0.5) is 4.39 Å². The van der Waals surface area contributed by atoms with E-state index in [1.54, 1.807) is 6.07 Å². The van der Waals surface area contributed by atoms with Gasteiger partial charge in [-0.2, -0.15) is 5.26 Å². The molecule has 1 N–H and O–H groups in total. The summed E-state index contributed by atoms with van der Waals surface area (Å²) in [5.41, 5.74) is 0.314. The summed E-state index contributed by atoms with van der Waals surface area (Å²) in [5, 5.41) is 11.6. The van der Waals surface area contributed by atoms with Crippen LogP contribution in [0.25, 0.3) is 0 Å². The van der Waals surface area contributed by atoms with E-state index in [0.717, 1.165) is 16.8 Å². The van der Waals surface area contributed by atoms with Crippen molar-refractivity contribution in [1.82, 2.24) is 9.71 Å². The third-order valence-electron chi connectivity index (χ3n) is 2.72. The molecule has 0 aliphatic rings. The molecule has 0 aliphatic heterocycles. The van der Waals surface area contributed by atoms with Gasteiger partial charge in [0.2, 0.25) is 10.0 Å². The molecule has 0 fully saturated rings. The summed E-state index contributed by atoms with van der Waals surface area (Å²) in [6.45, 7) is 2.00. The number of benzene rings is 1. The van der Waals surface area contributed by atoms with E-state index in [-0.39, 0.29) is 11.4 Å². The van der Waals surface area contributed by atoms with E-state index in [4.69, 9.17) is 5.26 Å². The van der Waals surface area contributed by atoms with Gasteiger partial charge in [0.05, 0.1) is 10.7 Å². The standard InChI is InChI=1S/C13H12FN3O2S2/c1-9-17-10(8-20-9)5-6-16-21(18,19)13-4-2-3-12(14)11(13)7-15/h2-4,8,16H,5-6H2,1H3. The number of nitrogens with one attached hydrogen (secondary N) is 1. The third-order valence-corrected chi connectivity index (χ3v) is 5.04. The van der Waals surface area contributed by atoms with Crippen LogP contribution in [0.3, 0.4) is 0 Å². The van der Waals surface area contributed by atoms with Gasteiger partial charge in [-0.1, -0.05) is 6.07 Å². The quantitative estimate of drug-likeness (QED) is 0.911. The van der Waals surface area contributed by atoms with Gasteiger partial charge in [0.1, 0.15) is 22.3 Å². The molecular formula is C13H12FN3O2S2. The van der Waals surface area contributed by atoms with Crippen LogP contribution < -0.4 is 4.72 Å². The molecule has 1 aromatic heterocycles. The van der Waals surface area contributed by atoms with Crippen molar-refractivity contribution in [3.8, 4) is 6.07 Å². The Bertz CT molecular complexity index is 794. The lowest BCUT2D eigenvalue weighted by Crippen LogP contribution is -2.27. The van der Waals surface area contributed by atoms with E-state index in [1.807, 2.05) is 12.3 Å². The second-order valence-corrected chi connectivity index (χ2v) is 7.03. The first kappa shape index (κ1) is 15.6. The maximum Gasteiger partial charge on any atom is 0.242 e. The summed E-state index contributed by atoms with van der Waals surface area (Å²) in [5.74, 6) is -0.851. The molecule has 8 heteroatoms. The molecule has 1 aromatic carbocycles. The highest BCUT2D eigenvalue weighted by Gasteiger charge is 2.20. The number of aryl methyl sites for hydroxylation is 1. The van der Waals surface area contributed by atoms with E-state index in [9.17, 15) is 12.8 Å². The summed E-state index contributed by atoms with van der Waals surface area (Å²) in [6.07, 6.45) is 0.431. The van der Waals surface area contributed by atoms with E-state index < -0.39 is 21.4 Å². The summed E-state index contributed by atoms with van der Waals surface area (Å²) in [6, 6.07) is 5.09. The largest absolute Gasteiger partial charge is 0.247 e. The van der Waals surface area contributed by atoms with Crippen molar-refractivity contribution in [1.29, 1.82) is 5.26 Å². The van der Waals surface area contributed by atoms with Crippen LogP contribution in [-0.2, 0) is 16.4 Å². The van der Waals surface area contributed by atoms with Gasteiger partial charge in [-0.3, -0.25) is 0 Å². The Kier molecular flexibility index (Phi) is 4.67. The molecule has 21 heavy (non-hydrogen) atoms. The molecule has 1 heterocycles. The zero-order valence-corrected chi connectivity index (χ0v) is 12.8. The lowest BCUT2D eigenvalue weighted by Gasteiger charge is -2.07. The van der Waals surface area contributed by atoms with Crippen LogP contribution in [0.15, 0.2) is 28.5 Å². The summed E-state index contributed by atoms with van der Waals surface area (Å²) in [4.78, 5) is 3.87. The van der Waals surface area contributed by atoms with Crippen molar-refractivity contribution >= 4 is 21.4 Å². The van der Waals surface area contributed by atoms with Crippen molar-refractivity contribution in [2.75, 3.05) is 6.54 Å². The lowest BCUT2D eigenvalue weighted by molar-refractivity contribution is 0.576. The molecular weight excluding hydrogens is 313 g/mol. The molecule has 2 rings (SSSR count). The maximum absolute atomic E-state index is 13.4. The van der Waals surface area contributed by atoms with Crippen LogP contribution in [-0.4, -0.2) is 19.9 Å². The number of nitriles is 1. The lowest BCUT2D eigenvalue weighted by atomic mass is 10.2. The van der Waals surface area contributed by atoms with Crippen LogP contribution in [0.5, 0.6) is 0 Å². The minimum Gasteiger partial charge on any atom is -0.247 e. The Labute approximate surface area is 126 Å². The monoisotopic (exact) mass is 325 g/mol. The number of sulfonamides is 1. The molecule has 0 radical (unpaired) electrons. The van der Waals surface area contributed by atoms with Gasteiger partial charge in [0, 0.05) is 18.3 Å². The second kappa shape index (κ2) is 6.30. The first-order valence-electron chi connectivity index (χ1n) is 6.03. The van der Waals surface area contributed by atoms with Gasteiger partial charge in [0.15, 0.2) is 0 Å². The number of hydrogen-bond donors (Lipinski definition) is 1. The number of nitrogens with zero attached hydrogens (tertiary/aromatic N) is 2. The molecule has 0 spiro atoms. The van der Waals surface area contributed by atoms with Crippen molar-refractivity contribution in [2.45, 2.75) is 18.2 Å². The van der Waals surface area contributed by atoms with Gasteiger partial charge in [-0.15, -0.1) is 11.3 Å². The molecule has 110 valence electrons. The van der Waals surface area contributed by atoms with Gasteiger partial charge >= 0.3 is 0 Å². The Morgan fingerprint density at radius 3 is 2.86 bits per heavy atom. The normalized spacial score (nSPS) is 11.3. The molecule has 0 unspecified atom stereocenters. The van der Waals surface area contributed by atoms with E-state index in [2.05, 4.69) is 9.71 Å². The Morgan fingerprint density at radius 1 is 1.48 bits per heavy atom. The second-order valence-electron chi connectivity index (χ2n) is 4.23. The van der Waals surface area contributed by atoms with Gasteiger partial charge in [-0.05, 0) is 19.1 Å². The number of hydrogen-bond acceptors (Lipinski definition) is 5. The molecule has 0 saturated carbocycles. The molecule has 2 aromatic rings. The smallest absolute Gasteiger partial charge is 0.242 e. The van der Waals surface area contributed by atoms with Gasteiger partial charge < -0.3 is 0 Å². The maximum atomic E-state index is 13.4. The summed E-state index contributed by atoms with van der Waals surface area (Å²) in [7, 11) is -3.93. The van der Waals surface area contributed by atoms with Gasteiger partial charge in [-0.25, -0.2) is 22.5 Å². The average molecular weight is 325 g/mol. The van der Waals surface area contributed by atoms with Crippen LogP contribution in [0.2, 0.25) is 0 Å². The van der Waals surface area contributed by atoms with Crippen LogP contribution in [0.1, 0.15) is 16.3 Å². The number of thiazole rings is 1. The average Bonchev–Trinajstić information content (AvgIpc) is 2.84. The number of aromatic nitrogens is 1. The van der Waals surface area contributed by atoms with Crippen molar-refractivity contribution in [3.63, 3.8) is 0 Å². The van der Waals surface area contributed by atoms with Crippen molar-refractivity contribution in [3.05, 3.63) is 45.7 Å². The van der Waals surface area contributed by atoms with Crippen LogP contribution in [0, 0.1) is 24.1 Å². The molecule has 0 atom stereocenters. The zero-order valence-electron chi connectivity index (χ0n) is 11.1. The Hall–Kier alpha value is -1.82. The zero-order chi connectivity index (χ0) is 15.5. The minimum absolute atomic E-state index is 0.132. The van der Waals surface area contributed by atoms with Crippen molar-refractivity contribution < 1.29 is 12.8 Å². The molecule has 0 bridgehead atoms. The summed E-state index contributed by atoms with van der Waals surface area (Å²) >= 11 is 1.49. The molecule has 0 aliphatic carbocycles. The van der Waals surface area contributed by atoms with E-state index in [1.165, 1.54) is 23.5 Å². The predicted molar refractivity (Wildman–Crippen MR) is 76.9 cm³/mol. The van der Waals surface area contributed by atoms with Crippen molar-refractivity contribution in [2.24, 2.45) is 0 Å². The predicted octanol–water partition coefficient (Wildman–Crippen LogP) is 1.98. The first-order valence-corrected chi connectivity index (χ1v) is 8.39. The number of halogens is 1. The summed E-state index contributed by atoms with van der Waals surface area (Å²) < 4.78 is 40.0. The fourth-order valence-electron chi connectivity index (χ4n) is 1.75. The Morgan fingerprint density at radius 2 is 2.24 bits per heavy atom. The highest BCUT2D eigenvalue weighted by Crippen LogP contribution is 2.17. The van der Waals surface area contributed by atoms with E-state index >= 15 is 0 Å². The van der Waals surface area contributed by atoms with Gasteiger partial charge in [0.25, 0.3) is 0 Å². The first-order chi connectivity index (χ1) is 9.94. The highest BCUT2D eigenvalue weighted by atomic mass is 32.2. The molecule has 0 amide bonds. The van der Waals surface area contributed by atoms with Crippen LogP contribution >= 0.6 is 11.3 Å². The minimum atomic E-state index is -3.93. The molecule has 5 nitrogen and oxygen atoms in total. The third kappa shape index (κ3) is 3.64. The fraction of sp³-hybridized carbons (Fsp3) is 0.231. The SMILES string of the molecule is Cc1nc(CCNS(=O)(=O)c2cccc(F)c2C#N)cs1. The molecule has 0 saturated heterocycles. The topological polar surface area (TPSA) is 82.8 Å². The van der Waals surface area contributed by atoms with E-state index in [0.29, 0.717) is 6.42 Å². The Balaban J connectivity index is 2.12. The highest BCUT2D eigenvalue weighted by molar-refractivity contribution is 7.89.